The maximum Gasteiger partial charge on any atom is 0.234 e. The molecule has 22 heavy (non-hydrogen) atoms. The molecular weight excluding hydrogens is 284 g/mol. The lowest BCUT2D eigenvalue weighted by atomic mass is 9.96. The zero-order valence-electron chi connectivity index (χ0n) is 13.0. The Balaban J connectivity index is 1.39. The Labute approximate surface area is 130 Å². The molecule has 3 rings (SSSR count). The van der Waals surface area contributed by atoms with Crippen LogP contribution in [0.5, 0.6) is 0 Å². The normalized spacial score (nSPS) is 22.8. The van der Waals surface area contributed by atoms with Crippen molar-refractivity contribution in [2.45, 2.75) is 32.1 Å². The number of hydrogen-bond donors (Lipinski definition) is 1. The summed E-state index contributed by atoms with van der Waals surface area (Å²) >= 11 is 0. The molecule has 1 aromatic heterocycles. The molecule has 122 valence electrons. The van der Waals surface area contributed by atoms with Crippen molar-refractivity contribution in [3.8, 4) is 0 Å². The molecular formula is C16H24N2O4. The summed E-state index contributed by atoms with van der Waals surface area (Å²) < 4.78 is 16.4. The summed E-state index contributed by atoms with van der Waals surface area (Å²) in [5, 5.41) is 2.97. The number of furan rings is 1. The van der Waals surface area contributed by atoms with Gasteiger partial charge in [0.15, 0.2) is 6.29 Å². The third-order valence-electron chi connectivity index (χ3n) is 4.38. The van der Waals surface area contributed by atoms with Crippen LogP contribution in [0.2, 0.25) is 0 Å². The average Bonchev–Trinajstić information content (AvgIpc) is 3.21. The molecule has 0 spiro atoms. The molecule has 2 aliphatic rings. The van der Waals surface area contributed by atoms with E-state index in [4.69, 9.17) is 13.9 Å². The molecule has 1 aromatic rings. The van der Waals surface area contributed by atoms with E-state index in [2.05, 4.69) is 10.2 Å². The third-order valence-corrected chi connectivity index (χ3v) is 4.38. The fourth-order valence-corrected chi connectivity index (χ4v) is 3.13. The van der Waals surface area contributed by atoms with E-state index in [0.29, 0.717) is 25.7 Å². The van der Waals surface area contributed by atoms with Gasteiger partial charge < -0.3 is 19.2 Å². The average molecular weight is 308 g/mol. The van der Waals surface area contributed by atoms with Crippen LogP contribution in [-0.2, 0) is 14.3 Å². The van der Waals surface area contributed by atoms with Gasteiger partial charge in [0.2, 0.25) is 5.91 Å². The first-order valence-corrected chi connectivity index (χ1v) is 8.00. The number of carbonyl (C=O) groups excluding carboxylic acids is 1. The lowest BCUT2D eigenvalue weighted by Crippen LogP contribution is -2.43. The van der Waals surface area contributed by atoms with E-state index in [-0.39, 0.29) is 18.2 Å². The molecule has 2 aliphatic heterocycles. The van der Waals surface area contributed by atoms with Crippen LogP contribution >= 0.6 is 0 Å². The van der Waals surface area contributed by atoms with Crippen LogP contribution < -0.4 is 5.32 Å². The first-order chi connectivity index (χ1) is 10.7. The molecule has 0 aromatic carbocycles. The minimum atomic E-state index is -0.0969. The van der Waals surface area contributed by atoms with Gasteiger partial charge in [0.1, 0.15) is 5.76 Å². The van der Waals surface area contributed by atoms with Crippen molar-refractivity contribution in [1.82, 2.24) is 10.2 Å². The Kier molecular flexibility index (Phi) is 5.12. The number of carbonyl (C=O) groups is 1. The van der Waals surface area contributed by atoms with Gasteiger partial charge in [-0.1, -0.05) is 0 Å². The second-order valence-electron chi connectivity index (χ2n) is 6.03. The monoisotopic (exact) mass is 308 g/mol. The lowest BCUT2D eigenvalue weighted by Gasteiger charge is -2.33. The largest absolute Gasteiger partial charge is 0.467 e. The molecule has 6 nitrogen and oxygen atoms in total. The summed E-state index contributed by atoms with van der Waals surface area (Å²) in [7, 11) is 0. The van der Waals surface area contributed by atoms with Gasteiger partial charge in [-0.2, -0.15) is 0 Å². The standard InChI is InChI=1S/C16H24N2O4/c1-12(14-3-2-8-20-14)17-15(19)11-18-6-4-13(5-7-18)16-21-9-10-22-16/h2-3,8,12-13,16H,4-7,9-11H2,1H3,(H,17,19). The maximum atomic E-state index is 12.1. The summed E-state index contributed by atoms with van der Waals surface area (Å²) in [5.41, 5.74) is 0. The van der Waals surface area contributed by atoms with E-state index in [1.165, 1.54) is 0 Å². The van der Waals surface area contributed by atoms with Crippen molar-refractivity contribution in [3.05, 3.63) is 24.2 Å². The zero-order chi connectivity index (χ0) is 15.4. The van der Waals surface area contributed by atoms with E-state index in [0.717, 1.165) is 31.7 Å². The van der Waals surface area contributed by atoms with Crippen LogP contribution in [-0.4, -0.2) is 49.9 Å². The number of nitrogens with zero attached hydrogens (tertiary/aromatic N) is 1. The Morgan fingerprint density at radius 1 is 1.36 bits per heavy atom. The number of nitrogens with one attached hydrogen (secondary N) is 1. The number of hydrogen-bond acceptors (Lipinski definition) is 5. The predicted octanol–water partition coefficient (Wildman–Crippen LogP) is 1.54. The van der Waals surface area contributed by atoms with Crippen molar-refractivity contribution < 1.29 is 18.7 Å². The van der Waals surface area contributed by atoms with Gasteiger partial charge >= 0.3 is 0 Å². The van der Waals surface area contributed by atoms with Crippen molar-refractivity contribution in [3.63, 3.8) is 0 Å². The van der Waals surface area contributed by atoms with Crippen LogP contribution in [0.15, 0.2) is 22.8 Å². The summed E-state index contributed by atoms with van der Waals surface area (Å²) in [6.07, 6.45) is 3.63. The minimum absolute atomic E-state index is 0.0325. The Morgan fingerprint density at radius 2 is 2.09 bits per heavy atom. The molecule has 0 aliphatic carbocycles. The van der Waals surface area contributed by atoms with E-state index in [9.17, 15) is 4.79 Å². The molecule has 0 saturated carbocycles. The molecule has 0 radical (unpaired) electrons. The van der Waals surface area contributed by atoms with Crippen molar-refractivity contribution in [2.75, 3.05) is 32.8 Å². The maximum absolute atomic E-state index is 12.1. The summed E-state index contributed by atoms with van der Waals surface area (Å²) in [6.45, 7) is 5.60. The number of amides is 1. The summed E-state index contributed by atoms with van der Waals surface area (Å²) in [6, 6.07) is 3.61. The molecule has 1 unspecified atom stereocenters. The van der Waals surface area contributed by atoms with Gasteiger partial charge in [-0.3, -0.25) is 9.69 Å². The lowest BCUT2D eigenvalue weighted by molar-refractivity contribution is -0.124. The van der Waals surface area contributed by atoms with E-state index >= 15 is 0 Å². The van der Waals surface area contributed by atoms with Crippen LogP contribution in [0.25, 0.3) is 0 Å². The first-order valence-electron chi connectivity index (χ1n) is 8.00. The van der Waals surface area contributed by atoms with Gasteiger partial charge in [0.25, 0.3) is 0 Å². The highest BCUT2D eigenvalue weighted by Crippen LogP contribution is 2.25. The predicted molar refractivity (Wildman–Crippen MR) is 80.1 cm³/mol. The fourth-order valence-electron chi connectivity index (χ4n) is 3.13. The fraction of sp³-hybridized carbons (Fsp3) is 0.688. The molecule has 2 fully saturated rings. The Morgan fingerprint density at radius 3 is 2.73 bits per heavy atom. The quantitative estimate of drug-likeness (QED) is 0.894. The number of piperidine rings is 1. The number of likely N-dealkylation sites (tertiary alicyclic amines) is 1. The van der Waals surface area contributed by atoms with Crippen LogP contribution in [0.1, 0.15) is 31.6 Å². The molecule has 1 atom stereocenters. The Hall–Kier alpha value is -1.37. The number of ether oxygens (including phenoxy) is 2. The highest BCUT2D eigenvalue weighted by atomic mass is 16.7. The van der Waals surface area contributed by atoms with Crippen molar-refractivity contribution in [1.29, 1.82) is 0 Å². The van der Waals surface area contributed by atoms with Gasteiger partial charge in [0.05, 0.1) is 32.1 Å². The zero-order valence-corrected chi connectivity index (χ0v) is 13.0. The molecule has 3 heterocycles. The third kappa shape index (κ3) is 3.88. The molecule has 1 N–H and O–H groups in total. The number of rotatable bonds is 5. The van der Waals surface area contributed by atoms with Crippen LogP contribution in [0, 0.1) is 5.92 Å². The van der Waals surface area contributed by atoms with Crippen molar-refractivity contribution >= 4 is 5.91 Å². The topological polar surface area (TPSA) is 63.9 Å². The molecule has 6 heteroatoms. The Bertz CT molecular complexity index is 463. The molecule has 2 saturated heterocycles. The first kappa shape index (κ1) is 15.5. The van der Waals surface area contributed by atoms with Crippen LogP contribution in [0.3, 0.4) is 0 Å². The SMILES string of the molecule is CC(NC(=O)CN1CCC(C2OCCO2)CC1)c1ccco1. The molecule has 1 amide bonds. The van der Waals surface area contributed by atoms with Gasteiger partial charge in [-0.15, -0.1) is 0 Å². The van der Waals surface area contributed by atoms with E-state index in [1.54, 1.807) is 6.26 Å². The van der Waals surface area contributed by atoms with Gasteiger partial charge in [-0.05, 0) is 45.0 Å². The van der Waals surface area contributed by atoms with Gasteiger partial charge in [0, 0.05) is 5.92 Å². The second-order valence-corrected chi connectivity index (χ2v) is 6.03. The van der Waals surface area contributed by atoms with Gasteiger partial charge in [-0.25, -0.2) is 0 Å². The smallest absolute Gasteiger partial charge is 0.234 e. The summed E-state index contributed by atoms with van der Waals surface area (Å²) in [5.74, 6) is 1.28. The van der Waals surface area contributed by atoms with Crippen molar-refractivity contribution in [2.24, 2.45) is 5.92 Å². The minimum Gasteiger partial charge on any atom is -0.467 e. The van der Waals surface area contributed by atoms with Crippen LogP contribution in [0.4, 0.5) is 0 Å². The highest BCUT2D eigenvalue weighted by molar-refractivity contribution is 5.78. The second kappa shape index (κ2) is 7.26. The van der Waals surface area contributed by atoms with E-state index < -0.39 is 0 Å². The van der Waals surface area contributed by atoms with E-state index in [1.807, 2.05) is 19.1 Å². The molecule has 0 bridgehead atoms. The summed E-state index contributed by atoms with van der Waals surface area (Å²) in [4.78, 5) is 14.3. The highest BCUT2D eigenvalue weighted by Gasteiger charge is 2.30.